The molecule has 0 amide bonds. The Hall–Kier alpha value is -0.870. The van der Waals surface area contributed by atoms with Gasteiger partial charge in [0.25, 0.3) is 0 Å². The van der Waals surface area contributed by atoms with Crippen LogP contribution in [0.4, 0.5) is 0 Å². The summed E-state index contributed by atoms with van der Waals surface area (Å²) in [6, 6.07) is 0.671. The largest absolute Gasteiger partial charge is 0.467 e. The fraction of sp³-hybridized carbons (Fsp3) is 0.714. The first-order valence-electron chi connectivity index (χ1n) is 6.81. The van der Waals surface area contributed by atoms with Crippen molar-refractivity contribution in [2.75, 3.05) is 13.7 Å². The minimum absolute atomic E-state index is 0.232. The first kappa shape index (κ1) is 16.2. The highest BCUT2D eigenvalue weighted by molar-refractivity contribution is 6.31. The lowest BCUT2D eigenvalue weighted by molar-refractivity contribution is 0.351. The molecule has 5 heteroatoms. The van der Waals surface area contributed by atoms with E-state index in [0.29, 0.717) is 23.0 Å². The Bertz CT molecular complexity index is 398. The van der Waals surface area contributed by atoms with Gasteiger partial charge in [-0.3, -0.25) is 0 Å². The van der Waals surface area contributed by atoms with E-state index >= 15 is 0 Å². The highest BCUT2D eigenvalue weighted by Gasteiger charge is 2.26. The van der Waals surface area contributed by atoms with Gasteiger partial charge < -0.3 is 10.1 Å². The quantitative estimate of drug-likeness (QED) is 0.835. The molecule has 1 rings (SSSR count). The van der Waals surface area contributed by atoms with Gasteiger partial charge in [0.15, 0.2) is 0 Å². The lowest BCUT2D eigenvalue weighted by Gasteiger charge is -2.28. The average molecular weight is 286 g/mol. The van der Waals surface area contributed by atoms with Gasteiger partial charge in [0.1, 0.15) is 0 Å². The van der Waals surface area contributed by atoms with E-state index < -0.39 is 0 Å². The maximum atomic E-state index is 6.26. The fourth-order valence-electron chi connectivity index (χ4n) is 2.32. The maximum absolute atomic E-state index is 6.26. The Labute approximate surface area is 120 Å². The van der Waals surface area contributed by atoms with Gasteiger partial charge in [-0.1, -0.05) is 32.4 Å². The molecule has 2 unspecified atom stereocenters. The molecule has 0 radical (unpaired) electrons. The minimum Gasteiger partial charge on any atom is -0.467 e. The second-order valence-corrected chi connectivity index (χ2v) is 5.51. The Balaban J connectivity index is 3.04. The van der Waals surface area contributed by atoms with Crippen LogP contribution in [0.1, 0.15) is 45.7 Å². The summed E-state index contributed by atoms with van der Waals surface area (Å²) in [5.41, 5.74) is 0.861. The summed E-state index contributed by atoms with van der Waals surface area (Å²) in [5.74, 6) is 0.660. The molecule has 0 saturated carbocycles. The maximum Gasteiger partial charge on any atom is 0.316 e. The van der Waals surface area contributed by atoms with Crippen molar-refractivity contribution in [1.29, 1.82) is 0 Å². The van der Waals surface area contributed by atoms with Crippen molar-refractivity contribution in [3.8, 4) is 6.01 Å². The van der Waals surface area contributed by atoms with Crippen LogP contribution in [0.2, 0.25) is 5.02 Å². The molecule has 0 fully saturated rings. The van der Waals surface area contributed by atoms with E-state index in [1.54, 1.807) is 13.3 Å². The molecular weight excluding hydrogens is 262 g/mol. The van der Waals surface area contributed by atoms with Crippen LogP contribution in [-0.2, 0) is 0 Å². The minimum atomic E-state index is 0.232. The summed E-state index contributed by atoms with van der Waals surface area (Å²) in [7, 11) is 1.57. The van der Waals surface area contributed by atoms with Gasteiger partial charge in [0, 0.05) is 12.0 Å². The topological polar surface area (TPSA) is 47.0 Å². The van der Waals surface area contributed by atoms with Gasteiger partial charge in [0.05, 0.1) is 24.0 Å². The summed E-state index contributed by atoms with van der Waals surface area (Å²) in [5, 5.41) is 4.12. The van der Waals surface area contributed by atoms with Gasteiger partial charge in [-0.15, -0.1) is 0 Å². The molecule has 0 bridgehead atoms. The molecular formula is C14H24ClN3O. The van der Waals surface area contributed by atoms with Crippen LogP contribution in [0.25, 0.3) is 0 Å². The molecule has 19 heavy (non-hydrogen) atoms. The fourth-order valence-corrected chi connectivity index (χ4v) is 2.54. The summed E-state index contributed by atoms with van der Waals surface area (Å²) in [6.07, 6.45) is 2.72. The lowest BCUT2D eigenvalue weighted by Crippen LogP contribution is -2.35. The number of nitrogens with one attached hydrogen (secondary N) is 1. The average Bonchev–Trinajstić information content (AvgIpc) is 2.38. The second kappa shape index (κ2) is 7.65. The van der Waals surface area contributed by atoms with Gasteiger partial charge >= 0.3 is 6.01 Å². The van der Waals surface area contributed by atoms with Gasteiger partial charge in [-0.05, 0) is 25.8 Å². The summed E-state index contributed by atoms with van der Waals surface area (Å²) >= 11 is 6.26. The molecule has 0 aromatic carbocycles. The third-order valence-electron chi connectivity index (χ3n) is 3.22. The molecule has 0 saturated heterocycles. The third-order valence-corrected chi connectivity index (χ3v) is 3.51. The number of ether oxygens (including phenoxy) is 1. The van der Waals surface area contributed by atoms with Crippen molar-refractivity contribution < 1.29 is 4.74 Å². The molecule has 1 N–H and O–H groups in total. The molecule has 0 spiro atoms. The zero-order valence-corrected chi connectivity index (χ0v) is 13.2. The predicted octanol–water partition coefficient (Wildman–Crippen LogP) is 3.27. The number of hydrogen-bond donors (Lipinski definition) is 1. The molecule has 1 heterocycles. The van der Waals surface area contributed by atoms with Gasteiger partial charge in [-0.25, -0.2) is 4.98 Å². The van der Waals surface area contributed by atoms with Crippen molar-refractivity contribution in [2.24, 2.45) is 5.92 Å². The number of halogens is 1. The van der Waals surface area contributed by atoms with E-state index in [1.165, 1.54) is 0 Å². The smallest absolute Gasteiger partial charge is 0.316 e. The number of nitrogens with zero attached hydrogens (tertiary/aromatic N) is 2. The second-order valence-electron chi connectivity index (χ2n) is 5.10. The Morgan fingerprint density at radius 2 is 2.05 bits per heavy atom. The van der Waals surface area contributed by atoms with Crippen molar-refractivity contribution in [3.63, 3.8) is 0 Å². The number of hydrogen-bond acceptors (Lipinski definition) is 4. The van der Waals surface area contributed by atoms with Crippen LogP contribution in [-0.4, -0.2) is 29.7 Å². The van der Waals surface area contributed by atoms with Crippen LogP contribution >= 0.6 is 11.6 Å². The van der Waals surface area contributed by atoms with E-state index in [2.05, 4.69) is 43.0 Å². The van der Waals surface area contributed by atoms with Crippen LogP contribution in [0.3, 0.4) is 0 Å². The highest BCUT2D eigenvalue weighted by atomic mass is 35.5. The number of rotatable bonds is 7. The number of aromatic nitrogens is 2. The van der Waals surface area contributed by atoms with Gasteiger partial charge in [0.2, 0.25) is 0 Å². The van der Waals surface area contributed by atoms with Crippen LogP contribution < -0.4 is 10.1 Å². The zero-order chi connectivity index (χ0) is 14.4. The third kappa shape index (κ3) is 4.32. The van der Waals surface area contributed by atoms with Crippen LogP contribution in [0.5, 0.6) is 6.01 Å². The Kier molecular flexibility index (Phi) is 6.52. The molecule has 2 atom stereocenters. The van der Waals surface area contributed by atoms with E-state index in [-0.39, 0.29) is 5.92 Å². The lowest BCUT2D eigenvalue weighted by atomic mass is 9.86. The van der Waals surface area contributed by atoms with Crippen molar-refractivity contribution >= 4 is 11.6 Å². The normalized spacial score (nSPS) is 14.5. The molecule has 0 aliphatic carbocycles. The molecule has 1 aromatic heterocycles. The summed E-state index contributed by atoms with van der Waals surface area (Å²) < 4.78 is 5.10. The number of methoxy groups -OCH3 is 1. The summed E-state index contributed by atoms with van der Waals surface area (Å²) in [4.78, 5) is 8.47. The van der Waals surface area contributed by atoms with Crippen molar-refractivity contribution in [3.05, 3.63) is 16.9 Å². The highest BCUT2D eigenvalue weighted by Crippen LogP contribution is 2.32. The van der Waals surface area contributed by atoms with Crippen molar-refractivity contribution in [2.45, 2.75) is 46.1 Å². The monoisotopic (exact) mass is 285 g/mol. The Morgan fingerprint density at radius 1 is 1.37 bits per heavy atom. The zero-order valence-electron chi connectivity index (χ0n) is 12.4. The first-order valence-corrected chi connectivity index (χ1v) is 7.18. The van der Waals surface area contributed by atoms with Crippen molar-refractivity contribution in [1.82, 2.24) is 15.3 Å². The van der Waals surface area contributed by atoms with E-state index in [1.807, 2.05) is 0 Å². The van der Waals surface area contributed by atoms with Gasteiger partial charge in [-0.2, -0.15) is 4.98 Å². The van der Waals surface area contributed by atoms with Crippen LogP contribution in [0, 0.1) is 5.92 Å². The van der Waals surface area contributed by atoms with Crippen LogP contribution in [0.15, 0.2) is 6.20 Å². The molecule has 0 aliphatic heterocycles. The molecule has 4 nitrogen and oxygen atoms in total. The molecule has 0 aliphatic rings. The standard InChI is InChI=1S/C14H24ClN3O/c1-6-7-16-10(4)12(9(2)3)13-11(15)8-17-14(18-13)19-5/h8-10,12,16H,6-7H2,1-5H3. The molecule has 108 valence electrons. The summed E-state index contributed by atoms with van der Waals surface area (Å²) in [6.45, 7) is 9.68. The first-order chi connectivity index (χ1) is 9.01. The predicted molar refractivity (Wildman–Crippen MR) is 78.9 cm³/mol. The van der Waals surface area contributed by atoms with E-state index in [9.17, 15) is 0 Å². The SMILES string of the molecule is CCCNC(C)C(c1nc(OC)ncc1Cl)C(C)C. The molecule has 1 aromatic rings. The van der Waals surface area contributed by atoms with E-state index in [0.717, 1.165) is 18.7 Å². The Morgan fingerprint density at radius 3 is 2.58 bits per heavy atom. The van der Waals surface area contributed by atoms with E-state index in [4.69, 9.17) is 16.3 Å².